The number of nitrogens with zero attached hydrogens (tertiary/aromatic N) is 5. The minimum Gasteiger partial charge on any atom is -0.439 e. The standard InChI is InChI=1S/C19H13Cl2N5OS/c1-10-16(25-7-5-15(24-25)18-22-6-8-28-18)19-26(23-10)17(11(2)27-19)13-4-3-12(20)9-14(13)21/h3-9H,1-2H3. The molecule has 0 radical (unpaired) electrons. The fraction of sp³-hybridized carbons (Fsp3) is 0.105. The van der Waals surface area contributed by atoms with Crippen molar-refractivity contribution >= 4 is 40.3 Å². The quantitative estimate of drug-likeness (QED) is 0.362. The number of rotatable bonds is 3. The second-order valence-corrected chi connectivity index (χ2v) is 8.00. The zero-order chi connectivity index (χ0) is 19.4. The van der Waals surface area contributed by atoms with Gasteiger partial charge in [-0.25, -0.2) is 9.67 Å². The first-order chi connectivity index (χ1) is 13.5. The van der Waals surface area contributed by atoms with Crippen LogP contribution >= 0.6 is 34.5 Å². The molecule has 0 atom stereocenters. The van der Waals surface area contributed by atoms with Gasteiger partial charge in [-0.2, -0.15) is 14.7 Å². The Morgan fingerprint density at radius 3 is 2.71 bits per heavy atom. The first kappa shape index (κ1) is 17.5. The highest BCUT2D eigenvalue weighted by Gasteiger charge is 2.23. The van der Waals surface area contributed by atoms with Crippen molar-refractivity contribution in [1.29, 1.82) is 0 Å². The van der Waals surface area contributed by atoms with E-state index in [2.05, 4.69) is 15.2 Å². The summed E-state index contributed by atoms with van der Waals surface area (Å²) in [6, 6.07) is 7.30. The maximum Gasteiger partial charge on any atom is 0.249 e. The second-order valence-electron chi connectivity index (χ2n) is 6.26. The highest BCUT2D eigenvalue weighted by Crippen LogP contribution is 2.36. The number of thiazole rings is 1. The molecule has 9 heteroatoms. The molecule has 0 N–H and O–H groups in total. The van der Waals surface area contributed by atoms with E-state index in [1.165, 1.54) is 0 Å². The van der Waals surface area contributed by atoms with Crippen LogP contribution in [0.1, 0.15) is 11.5 Å². The molecule has 0 aliphatic carbocycles. The number of aromatic nitrogens is 5. The van der Waals surface area contributed by atoms with Crippen molar-refractivity contribution in [2.24, 2.45) is 0 Å². The van der Waals surface area contributed by atoms with Gasteiger partial charge in [0, 0.05) is 28.4 Å². The smallest absolute Gasteiger partial charge is 0.249 e. The van der Waals surface area contributed by atoms with E-state index in [0.717, 1.165) is 33.3 Å². The van der Waals surface area contributed by atoms with Crippen LogP contribution in [-0.2, 0) is 0 Å². The van der Waals surface area contributed by atoms with Crippen molar-refractivity contribution in [2.45, 2.75) is 13.8 Å². The minimum atomic E-state index is 0.540. The largest absolute Gasteiger partial charge is 0.439 e. The fourth-order valence-electron chi connectivity index (χ4n) is 3.24. The van der Waals surface area contributed by atoms with E-state index in [1.54, 1.807) is 38.9 Å². The van der Waals surface area contributed by atoms with Crippen LogP contribution in [0.4, 0.5) is 0 Å². The third-order valence-corrected chi connectivity index (χ3v) is 5.78. The summed E-state index contributed by atoms with van der Waals surface area (Å²) in [5.74, 6) is 0.709. The maximum atomic E-state index is 6.43. The Morgan fingerprint density at radius 2 is 1.96 bits per heavy atom. The molecule has 0 spiro atoms. The molecule has 0 saturated heterocycles. The van der Waals surface area contributed by atoms with Crippen LogP contribution in [0.25, 0.3) is 33.4 Å². The number of hydrogen-bond donors (Lipinski definition) is 0. The van der Waals surface area contributed by atoms with Gasteiger partial charge >= 0.3 is 0 Å². The van der Waals surface area contributed by atoms with Crippen molar-refractivity contribution in [3.05, 3.63) is 63.5 Å². The van der Waals surface area contributed by atoms with E-state index in [-0.39, 0.29) is 0 Å². The van der Waals surface area contributed by atoms with Crippen molar-refractivity contribution in [2.75, 3.05) is 0 Å². The second kappa shape index (κ2) is 6.48. The minimum absolute atomic E-state index is 0.540. The van der Waals surface area contributed by atoms with Gasteiger partial charge in [-0.3, -0.25) is 0 Å². The van der Waals surface area contributed by atoms with Crippen LogP contribution in [0.15, 0.2) is 46.5 Å². The summed E-state index contributed by atoms with van der Waals surface area (Å²) >= 11 is 14.0. The van der Waals surface area contributed by atoms with Crippen LogP contribution in [0.5, 0.6) is 0 Å². The molecule has 0 unspecified atom stereocenters. The lowest BCUT2D eigenvalue weighted by molar-refractivity contribution is 0.569. The topological polar surface area (TPSA) is 61.2 Å². The molecule has 1 aromatic carbocycles. The van der Waals surface area contributed by atoms with Crippen LogP contribution in [0.3, 0.4) is 0 Å². The predicted molar refractivity (Wildman–Crippen MR) is 111 cm³/mol. The summed E-state index contributed by atoms with van der Waals surface area (Å²) in [5.41, 5.74) is 4.57. The zero-order valence-corrected chi connectivity index (χ0v) is 17.2. The average Bonchev–Trinajstić information content (AvgIpc) is 3.40. The van der Waals surface area contributed by atoms with Crippen LogP contribution in [0.2, 0.25) is 10.0 Å². The van der Waals surface area contributed by atoms with E-state index in [4.69, 9.17) is 27.6 Å². The van der Waals surface area contributed by atoms with E-state index in [1.807, 2.05) is 37.6 Å². The van der Waals surface area contributed by atoms with E-state index in [0.29, 0.717) is 21.5 Å². The molecule has 0 fully saturated rings. The summed E-state index contributed by atoms with van der Waals surface area (Å²) < 4.78 is 9.61. The fourth-order valence-corrected chi connectivity index (χ4v) is 4.34. The maximum absolute atomic E-state index is 6.43. The van der Waals surface area contributed by atoms with Crippen LogP contribution < -0.4 is 0 Å². The molecule has 0 amide bonds. The monoisotopic (exact) mass is 429 g/mol. The van der Waals surface area contributed by atoms with Gasteiger partial charge in [0.15, 0.2) is 5.69 Å². The van der Waals surface area contributed by atoms with Gasteiger partial charge in [0.2, 0.25) is 5.71 Å². The summed E-state index contributed by atoms with van der Waals surface area (Å²) in [5, 5.41) is 13.2. The molecular formula is C19H13Cl2N5OS. The van der Waals surface area contributed by atoms with Crippen LogP contribution in [0, 0.1) is 13.8 Å². The van der Waals surface area contributed by atoms with E-state index < -0.39 is 0 Å². The molecule has 0 aliphatic heterocycles. The Balaban J connectivity index is 1.69. The molecule has 28 heavy (non-hydrogen) atoms. The first-order valence-electron chi connectivity index (χ1n) is 8.43. The average molecular weight is 430 g/mol. The van der Waals surface area contributed by atoms with Crippen molar-refractivity contribution in [3.63, 3.8) is 0 Å². The van der Waals surface area contributed by atoms with Gasteiger partial charge in [-0.05, 0) is 38.1 Å². The predicted octanol–water partition coefficient (Wildman–Crippen LogP) is 5.83. The molecule has 5 aromatic rings. The van der Waals surface area contributed by atoms with Crippen molar-refractivity contribution < 1.29 is 4.42 Å². The van der Waals surface area contributed by atoms with Gasteiger partial charge < -0.3 is 4.42 Å². The van der Waals surface area contributed by atoms with Gasteiger partial charge in [-0.15, -0.1) is 11.3 Å². The lowest BCUT2D eigenvalue weighted by Gasteiger charge is -2.03. The summed E-state index contributed by atoms with van der Waals surface area (Å²) in [4.78, 5) is 4.31. The number of hydrogen-bond acceptors (Lipinski definition) is 5. The Labute approximate surface area is 174 Å². The Kier molecular flexibility index (Phi) is 4.04. The third-order valence-electron chi connectivity index (χ3n) is 4.44. The summed E-state index contributed by atoms with van der Waals surface area (Å²) in [6.45, 7) is 3.81. The molecule has 0 aliphatic rings. The van der Waals surface area contributed by atoms with Gasteiger partial charge in [0.05, 0.1) is 10.7 Å². The molecule has 0 saturated carbocycles. The van der Waals surface area contributed by atoms with E-state index >= 15 is 0 Å². The number of fused-ring (bicyclic) bond motifs is 1. The number of halogens is 2. The summed E-state index contributed by atoms with van der Waals surface area (Å²) in [7, 11) is 0. The number of aryl methyl sites for hydroxylation is 2. The zero-order valence-electron chi connectivity index (χ0n) is 14.8. The third kappa shape index (κ3) is 2.66. The summed E-state index contributed by atoms with van der Waals surface area (Å²) in [6.07, 6.45) is 3.65. The SMILES string of the molecule is Cc1nn2c(-c3ccc(Cl)cc3Cl)c(C)oc2c1-n1ccc(-c2nccs2)n1. The molecule has 0 bridgehead atoms. The van der Waals surface area contributed by atoms with Crippen molar-refractivity contribution in [1.82, 2.24) is 24.4 Å². The van der Waals surface area contributed by atoms with Gasteiger partial charge in [0.1, 0.15) is 22.2 Å². The first-order valence-corrected chi connectivity index (χ1v) is 10.1. The van der Waals surface area contributed by atoms with Gasteiger partial charge in [-0.1, -0.05) is 23.2 Å². The molecule has 6 nitrogen and oxygen atoms in total. The Bertz CT molecular complexity index is 1320. The number of oxazole rings is 1. The van der Waals surface area contributed by atoms with Crippen molar-refractivity contribution in [3.8, 4) is 27.6 Å². The van der Waals surface area contributed by atoms with Crippen LogP contribution in [-0.4, -0.2) is 24.4 Å². The Hall–Kier alpha value is -2.61. The van der Waals surface area contributed by atoms with E-state index in [9.17, 15) is 0 Å². The number of benzene rings is 1. The highest BCUT2D eigenvalue weighted by atomic mass is 35.5. The molecule has 4 heterocycles. The lowest BCUT2D eigenvalue weighted by atomic mass is 10.1. The highest BCUT2D eigenvalue weighted by molar-refractivity contribution is 7.13. The molecular weight excluding hydrogens is 417 g/mol. The Morgan fingerprint density at radius 1 is 1.11 bits per heavy atom. The molecule has 4 aromatic heterocycles. The van der Waals surface area contributed by atoms with Gasteiger partial charge in [0.25, 0.3) is 0 Å². The lowest BCUT2D eigenvalue weighted by Crippen LogP contribution is -1.96. The molecule has 140 valence electrons. The molecule has 5 rings (SSSR count). The normalized spacial score (nSPS) is 11.6.